The van der Waals surface area contributed by atoms with Crippen LogP contribution in [0.2, 0.25) is 0 Å². The van der Waals surface area contributed by atoms with Crippen molar-refractivity contribution in [2.75, 3.05) is 20.8 Å². The topological polar surface area (TPSA) is 77.4 Å². The highest BCUT2D eigenvalue weighted by molar-refractivity contribution is 8.18. The molecule has 1 aliphatic rings. The van der Waals surface area contributed by atoms with Crippen LogP contribution < -0.4 is 9.47 Å². The van der Waals surface area contributed by atoms with Crippen molar-refractivity contribution in [1.29, 1.82) is 0 Å². The minimum atomic E-state index is -0.804. The molecule has 1 heterocycles. The normalized spacial score (nSPS) is 16.4. The molecule has 0 aliphatic carbocycles. The Labute approximate surface area is 173 Å². The number of thioether (sulfide) groups is 1. The van der Waals surface area contributed by atoms with Gasteiger partial charge in [0.1, 0.15) is 0 Å². The molecule has 1 fully saturated rings. The lowest BCUT2D eigenvalue weighted by Crippen LogP contribution is -2.23. The number of carbonyl (C=O) groups is 2. The Bertz CT molecular complexity index is 972. The van der Waals surface area contributed by atoms with E-state index in [4.69, 9.17) is 14.2 Å². The zero-order valence-corrected chi connectivity index (χ0v) is 17.1. The Morgan fingerprint density at radius 2 is 1.93 bits per heavy atom. The molecule has 8 heteroatoms. The number of likely N-dealkylation sites (N-methyl/N-ethyl adjacent to an activating group) is 1. The largest absolute Gasteiger partial charge is 0.513 e. The molecular weight excluding hydrogens is 392 g/mol. The van der Waals surface area contributed by atoms with Crippen molar-refractivity contribution >= 4 is 40.8 Å². The number of hydrogen-bond donors (Lipinski definition) is 0. The quantitative estimate of drug-likeness (QED) is 0.410. The molecule has 1 saturated heterocycles. The lowest BCUT2D eigenvalue weighted by molar-refractivity contribution is -0.121. The van der Waals surface area contributed by atoms with Crippen molar-refractivity contribution < 1.29 is 23.8 Å². The molecule has 0 N–H and O–H groups in total. The fourth-order valence-corrected chi connectivity index (χ4v) is 3.50. The minimum absolute atomic E-state index is 0.143. The average Bonchev–Trinajstić information content (AvgIpc) is 2.98. The molecule has 0 atom stereocenters. The number of hydrogen-bond acceptors (Lipinski definition) is 7. The van der Waals surface area contributed by atoms with Gasteiger partial charge >= 0.3 is 6.16 Å². The Morgan fingerprint density at radius 1 is 1.17 bits per heavy atom. The molecule has 0 aromatic heterocycles. The standard InChI is InChI=1S/C21H20N2O5S/c1-4-27-21(25)28-16-11-10-14(12-17(16)26-3)13-18-19(24)23(2)20(29-18)22-15-8-6-5-7-9-15/h5-13H,4H2,1-3H3/b18-13+,22-20?. The van der Waals surface area contributed by atoms with Gasteiger partial charge in [-0.1, -0.05) is 24.3 Å². The molecule has 150 valence electrons. The van der Waals surface area contributed by atoms with Gasteiger partial charge in [-0.2, -0.15) is 0 Å². The third-order valence-electron chi connectivity index (χ3n) is 3.93. The number of amides is 1. The van der Waals surface area contributed by atoms with Gasteiger partial charge in [0.15, 0.2) is 16.7 Å². The average molecular weight is 412 g/mol. The molecule has 29 heavy (non-hydrogen) atoms. The second-order valence-corrected chi connectivity index (χ2v) is 6.91. The summed E-state index contributed by atoms with van der Waals surface area (Å²) in [7, 11) is 3.16. The maximum atomic E-state index is 12.6. The van der Waals surface area contributed by atoms with Gasteiger partial charge in [0.2, 0.25) is 0 Å². The molecule has 7 nitrogen and oxygen atoms in total. The molecule has 3 rings (SSSR count). The first-order chi connectivity index (χ1) is 14.0. The van der Waals surface area contributed by atoms with Crippen LogP contribution in [0.15, 0.2) is 58.4 Å². The van der Waals surface area contributed by atoms with E-state index in [-0.39, 0.29) is 18.3 Å². The van der Waals surface area contributed by atoms with E-state index in [2.05, 4.69) is 4.99 Å². The number of methoxy groups -OCH3 is 1. The van der Waals surface area contributed by atoms with Gasteiger partial charge in [0.05, 0.1) is 24.3 Å². The number of rotatable bonds is 5. The summed E-state index contributed by atoms with van der Waals surface area (Å²) in [6.07, 6.45) is 0.940. The Hall–Kier alpha value is -3.26. The third kappa shape index (κ3) is 4.97. The molecule has 1 aliphatic heterocycles. The smallest absolute Gasteiger partial charge is 0.493 e. The fraction of sp³-hybridized carbons (Fsp3) is 0.190. The minimum Gasteiger partial charge on any atom is -0.493 e. The van der Waals surface area contributed by atoms with E-state index < -0.39 is 6.16 Å². The summed E-state index contributed by atoms with van der Waals surface area (Å²) < 4.78 is 15.2. The molecule has 0 bridgehead atoms. The van der Waals surface area contributed by atoms with E-state index in [1.54, 1.807) is 38.2 Å². The molecule has 0 spiro atoms. The Morgan fingerprint density at radius 3 is 2.62 bits per heavy atom. The van der Waals surface area contributed by atoms with Gasteiger partial charge in [-0.25, -0.2) is 9.79 Å². The summed E-state index contributed by atoms with van der Waals surface area (Å²) in [6, 6.07) is 14.4. The lowest BCUT2D eigenvalue weighted by atomic mass is 10.2. The van der Waals surface area contributed by atoms with Crippen molar-refractivity contribution in [3.8, 4) is 11.5 Å². The summed E-state index contributed by atoms with van der Waals surface area (Å²) in [5, 5.41) is 0.599. The van der Waals surface area contributed by atoms with Gasteiger partial charge in [-0.05, 0) is 54.6 Å². The maximum absolute atomic E-state index is 12.6. The van der Waals surface area contributed by atoms with E-state index >= 15 is 0 Å². The molecule has 0 radical (unpaired) electrons. The van der Waals surface area contributed by atoms with E-state index in [0.717, 1.165) is 11.3 Å². The monoisotopic (exact) mass is 412 g/mol. The van der Waals surface area contributed by atoms with Crippen LogP contribution in [0.1, 0.15) is 12.5 Å². The number of benzene rings is 2. The van der Waals surface area contributed by atoms with Crippen molar-refractivity contribution in [3.63, 3.8) is 0 Å². The second-order valence-electron chi connectivity index (χ2n) is 5.90. The molecule has 0 saturated carbocycles. The number of nitrogens with zero attached hydrogens (tertiary/aromatic N) is 2. The van der Waals surface area contributed by atoms with Crippen LogP contribution in [0.5, 0.6) is 11.5 Å². The molecule has 2 aromatic rings. The summed E-state index contributed by atoms with van der Waals surface area (Å²) in [4.78, 5) is 30.7. The highest BCUT2D eigenvalue weighted by Crippen LogP contribution is 2.35. The number of amidine groups is 1. The predicted molar refractivity (Wildman–Crippen MR) is 113 cm³/mol. The first-order valence-electron chi connectivity index (χ1n) is 8.85. The van der Waals surface area contributed by atoms with Crippen LogP contribution in [0.3, 0.4) is 0 Å². The highest BCUT2D eigenvalue weighted by Gasteiger charge is 2.30. The van der Waals surface area contributed by atoms with Gasteiger partial charge in [0, 0.05) is 7.05 Å². The van der Waals surface area contributed by atoms with Crippen LogP contribution in [-0.2, 0) is 9.53 Å². The van der Waals surface area contributed by atoms with E-state index in [9.17, 15) is 9.59 Å². The van der Waals surface area contributed by atoms with Crippen LogP contribution in [0.25, 0.3) is 6.08 Å². The number of ether oxygens (including phenoxy) is 3. The maximum Gasteiger partial charge on any atom is 0.513 e. The summed E-state index contributed by atoms with van der Waals surface area (Å²) in [5.74, 6) is 0.451. The van der Waals surface area contributed by atoms with Crippen molar-refractivity contribution in [3.05, 3.63) is 59.0 Å². The van der Waals surface area contributed by atoms with Crippen LogP contribution in [0, 0.1) is 0 Å². The number of para-hydroxylation sites is 1. The number of aliphatic imine (C=N–C) groups is 1. The molecular formula is C21H20N2O5S. The molecule has 0 unspecified atom stereocenters. The van der Waals surface area contributed by atoms with Gasteiger partial charge in [-0.15, -0.1) is 0 Å². The van der Waals surface area contributed by atoms with Gasteiger partial charge < -0.3 is 14.2 Å². The van der Waals surface area contributed by atoms with Crippen molar-refractivity contribution in [2.45, 2.75) is 6.92 Å². The van der Waals surface area contributed by atoms with Crippen molar-refractivity contribution in [1.82, 2.24) is 4.90 Å². The predicted octanol–water partition coefficient (Wildman–Crippen LogP) is 4.46. The zero-order chi connectivity index (χ0) is 20.8. The molecule has 1 amide bonds. The summed E-state index contributed by atoms with van der Waals surface area (Å²) in [5.41, 5.74) is 1.50. The Balaban J connectivity index is 1.83. The Kier molecular flexibility index (Phi) is 6.56. The van der Waals surface area contributed by atoms with Gasteiger partial charge in [0.25, 0.3) is 5.91 Å². The van der Waals surface area contributed by atoms with E-state index in [0.29, 0.717) is 15.8 Å². The van der Waals surface area contributed by atoms with E-state index in [1.165, 1.54) is 23.8 Å². The van der Waals surface area contributed by atoms with E-state index in [1.807, 2.05) is 30.3 Å². The molecule has 2 aromatic carbocycles. The van der Waals surface area contributed by atoms with Crippen LogP contribution >= 0.6 is 11.8 Å². The summed E-state index contributed by atoms with van der Waals surface area (Å²) in [6.45, 7) is 1.90. The lowest BCUT2D eigenvalue weighted by Gasteiger charge is -2.09. The SMILES string of the molecule is CCOC(=O)Oc1ccc(/C=C2/SC(=Nc3ccccc3)N(C)C2=O)cc1OC. The van der Waals surface area contributed by atoms with Crippen LogP contribution in [0.4, 0.5) is 10.5 Å². The van der Waals surface area contributed by atoms with Gasteiger partial charge in [-0.3, -0.25) is 9.69 Å². The third-order valence-corrected chi connectivity index (χ3v) is 4.99. The first-order valence-corrected chi connectivity index (χ1v) is 9.67. The summed E-state index contributed by atoms with van der Waals surface area (Å²) >= 11 is 1.29. The van der Waals surface area contributed by atoms with Crippen molar-refractivity contribution in [2.24, 2.45) is 4.99 Å². The van der Waals surface area contributed by atoms with Crippen LogP contribution in [-0.4, -0.2) is 42.9 Å². The second kappa shape index (κ2) is 9.29. The fourth-order valence-electron chi connectivity index (χ4n) is 2.51. The zero-order valence-electron chi connectivity index (χ0n) is 16.2. The number of carbonyl (C=O) groups excluding carboxylic acids is 2. The first kappa shape index (κ1) is 20.5. The highest BCUT2D eigenvalue weighted by atomic mass is 32.2.